The molecule has 0 amide bonds. The molecule has 0 spiro atoms. The zero-order chi connectivity index (χ0) is 15.5. The van der Waals surface area contributed by atoms with Gasteiger partial charge in [-0.3, -0.25) is 0 Å². The molecule has 3 rings (SSSR count). The summed E-state index contributed by atoms with van der Waals surface area (Å²) in [5.41, 5.74) is 4.77. The number of aromatic amines is 1. The highest BCUT2D eigenvalue weighted by Gasteiger charge is 2.05. The summed E-state index contributed by atoms with van der Waals surface area (Å²) in [5, 5.41) is 0.758. The summed E-state index contributed by atoms with van der Waals surface area (Å²) in [5.74, 6) is 1.52. The van der Waals surface area contributed by atoms with E-state index in [1.807, 2.05) is 30.5 Å². The number of imidazole rings is 1. The molecule has 0 bridgehead atoms. The van der Waals surface area contributed by atoms with Crippen LogP contribution in [0.2, 0.25) is 5.02 Å². The highest BCUT2D eigenvalue weighted by Crippen LogP contribution is 2.22. The van der Waals surface area contributed by atoms with Gasteiger partial charge >= 0.3 is 0 Å². The minimum atomic E-state index is 0.552. The van der Waals surface area contributed by atoms with Crippen molar-refractivity contribution in [3.05, 3.63) is 76.7 Å². The normalized spacial score (nSPS) is 11.1. The summed E-state index contributed by atoms with van der Waals surface area (Å²) < 4.78 is 0. The Bertz CT molecular complexity index is 740. The van der Waals surface area contributed by atoms with Crippen LogP contribution in [0.25, 0.3) is 11.3 Å². The van der Waals surface area contributed by atoms with E-state index in [-0.39, 0.29) is 0 Å². The molecule has 0 aliphatic rings. The van der Waals surface area contributed by atoms with Crippen LogP contribution in [-0.2, 0) is 6.42 Å². The smallest absolute Gasteiger partial charge is 0.110 e. The van der Waals surface area contributed by atoms with E-state index < -0.39 is 0 Å². The van der Waals surface area contributed by atoms with Crippen molar-refractivity contribution in [1.29, 1.82) is 0 Å². The zero-order valence-corrected chi connectivity index (χ0v) is 13.6. The van der Waals surface area contributed by atoms with E-state index in [1.165, 1.54) is 16.7 Å². The van der Waals surface area contributed by atoms with Crippen molar-refractivity contribution < 1.29 is 0 Å². The molecule has 112 valence electrons. The number of hydrogen-bond acceptors (Lipinski definition) is 1. The Morgan fingerprint density at radius 1 is 1.00 bits per heavy atom. The van der Waals surface area contributed by atoms with Crippen LogP contribution in [0.3, 0.4) is 0 Å². The number of rotatable bonds is 4. The molecule has 2 aromatic carbocycles. The van der Waals surface area contributed by atoms with Crippen LogP contribution in [0.4, 0.5) is 0 Å². The van der Waals surface area contributed by atoms with Gasteiger partial charge in [0, 0.05) is 11.4 Å². The van der Waals surface area contributed by atoms with Gasteiger partial charge in [0.2, 0.25) is 0 Å². The Morgan fingerprint density at radius 3 is 2.32 bits per heavy atom. The Labute approximate surface area is 136 Å². The first-order valence-corrected chi connectivity index (χ1v) is 7.88. The molecule has 1 aromatic heterocycles. The van der Waals surface area contributed by atoms with E-state index in [0.717, 1.165) is 23.0 Å². The van der Waals surface area contributed by atoms with Gasteiger partial charge < -0.3 is 4.98 Å². The van der Waals surface area contributed by atoms with Crippen LogP contribution in [0, 0.1) is 0 Å². The third-order valence-electron chi connectivity index (χ3n) is 3.80. The lowest BCUT2D eigenvalue weighted by Crippen LogP contribution is -1.90. The predicted molar refractivity (Wildman–Crippen MR) is 92.4 cm³/mol. The van der Waals surface area contributed by atoms with E-state index in [0.29, 0.717) is 5.92 Å². The number of benzene rings is 2. The van der Waals surface area contributed by atoms with E-state index in [9.17, 15) is 0 Å². The summed E-state index contributed by atoms with van der Waals surface area (Å²) in [7, 11) is 0. The summed E-state index contributed by atoms with van der Waals surface area (Å²) in [6.07, 6.45) is 2.68. The molecular formula is C19H19ClN2. The largest absolute Gasteiger partial charge is 0.342 e. The Hall–Kier alpha value is -2.06. The van der Waals surface area contributed by atoms with Gasteiger partial charge in [0.05, 0.1) is 11.9 Å². The average molecular weight is 311 g/mol. The molecule has 0 fully saturated rings. The maximum absolute atomic E-state index is 5.91. The van der Waals surface area contributed by atoms with Gasteiger partial charge in [-0.15, -0.1) is 0 Å². The molecule has 0 radical (unpaired) electrons. The quantitative estimate of drug-likeness (QED) is 0.682. The number of H-pyrrole nitrogens is 1. The van der Waals surface area contributed by atoms with Crippen molar-refractivity contribution in [3.8, 4) is 11.3 Å². The SMILES string of the molecule is CC(C)c1ccc(-c2cnc(Cc3ccc(Cl)cc3)[nH]2)cc1. The molecule has 0 aliphatic heterocycles. The lowest BCUT2D eigenvalue weighted by molar-refractivity contribution is 0.867. The van der Waals surface area contributed by atoms with Crippen molar-refractivity contribution >= 4 is 11.6 Å². The van der Waals surface area contributed by atoms with Crippen LogP contribution in [0.5, 0.6) is 0 Å². The molecule has 0 saturated carbocycles. The van der Waals surface area contributed by atoms with Gasteiger partial charge in [0.1, 0.15) is 5.82 Å². The van der Waals surface area contributed by atoms with Crippen LogP contribution in [-0.4, -0.2) is 9.97 Å². The van der Waals surface area contributed by atoms with Crippen LogP contribution in [0.1, 0.15) is 36.7 Å². The van der Waals surface area contributed by atoms with Crippen LogP contribution < -0.4 is 0 Å². The molecule has 0 atom stereocenters. The third kappa shape index (κ3) is 3.40. The number of nitrogens with zero attached hydrogens (tertiary/aromatic N) is 1. The predicted octanol–water partition coefficient (Wildman–Crippen LogP) is 5.44. The van der Waals surface area contributed by atoms with Gasteiger partial charge in [-0.2, -0.15) is 0 Å². The topological polar surface area (TPSA) is 28.7 Å². The molecule has 1 N–H and O–H groups in total. The Balaban J connectivity index is 1.77. The molecule has 0 saturated heterocycles. The van der Waals surface area contributed by atoms with Crippen molar-refractivity contribution in [1.82, 2.24) is 9.97 Å². The van der Waals surface area contributed by atoms with E-state index in [2.05, 4.69) is 48.1 Å². The fraction of sp³-hybridized carbons (Fsp3) is 0.211. The maximum Gasteiger partial charge on any atom is 0.110 e. The fourth-order valence-electron chi connectivity index (χ4n) is 2.44. The van der Waals surface area contributed by atoms with Gasteiger partial charge in [-0.05, 0) is 34.7 Å². The molecular weight excluding hydrogens is 292 g/mol. The van der Waals surface area contributed by atoms with Crippen LogP contribution >= 0.6 is 11.6 Å². The molecule has 3 aromatic rings. The fourth-order valence-corrected chi connectivity index (χ4v) is 2.57. The third-order valence-corrected chi connectivity index (χ3v) is 4.05. The summed E-state index contributed by atoms with van der Waals surface area (Å²) in [6, 6.07) is 16.5. The number of aromatic nitrogens is 2. The molecule has 0 aliphatic carbocycles. The van der Waals surface area contributed by atoms with Crippen molar-refractivity contribution in [2.45, 2.75) is 26.2 Å². The van der Waals surface area contributed by atoms with E-state index >= 15 is 0 Å². The summed E-state index contributed by atoms with van der Waals surface area (Å²) in [6.45, 7) is 4.41. The first-order valence-electron chi connectivity index (χ1n) is 7.50. The second kappa shape index (κ2) is 6.37. The number of halogens is 1. The lowest BCUT2D eigenvalue weighted by atomic mass is 10.0. The van der Waals surface area contributed by atoms with Crippen molar-refractivity contribution in [2.24, 2.45) is 0 Å². The molecule has 1 heterocycles. The van der Waals surface area contributed by atoms with Crippen molar-refractivity contribution in [2.75, 3.05) is 0 Å². The molecule has 0 unspecified atom stereocenters. The maximum atomic E-state index is 5.91. The van der Waals surface area contributed by atoms with E-state index in [4.69, 9.17) is 11.6 Å². The van der Waals surface area contributed by atoms with Crippen molar-refractivity contribution in [3.63, 3.8) is 0 Å². The lowest BCUT2D eigenvalue weighted by Gasteiger charge is -2.05. The average Bonchev–Trinajstić information content (AvgIpc) is 2.98. The monoisotopic (exact) mass is 310 g/mol. The summed E-state index contributed by atoms with van der Waals surface area (Å²) in [4.78, 5) is 7.88. The first kappa shape index (κ1) is 14.9. The second-order valence-corrected chi connectivity index (χ2v) is 6.26. The van der Waals surface area contributed by atoms with Gasteiger partial charge in [-0.1, -0.05) is 61.8 Å². The van der Waals surface area contributed by atoms with Gasteiger partial charge in [0.15, 0.2) is 0 Å². The second-order valence-electron chi connectivity index (χ2n) is 5.82. The number of nitrogens with one attached hydrogen (secondary N) is 1. The standard InChI is InChI=1S/C19H19ClN2/c1-13(2)15-5-7-16(8-6-15)18-12-21-19(22-18)11-14-3-9-17(20)10-4-14/h3-10,12-13H,11H2,1-2H3,(H,21,22). The highest BCUT2D eigenvalue weighted by atomic mass is 35.5. The van der Waals surface area contributed by atoms with Gasteiger partial charge in [-0.25, -0.2) is 4.98 Å². The molecule has 3 heteroatoms. The highest BCUT2D eigenvalue weighted by molar-refractivity contribution is 6.30. The van der Waals surface area contributed by atoms with Gasteiger partial charge in [0.25, 0.3) is 0 Å². The Kier molecular flexibility index (Phi) is 4.30. The zero-order valence-electron chi connectivity index (χ0n) is 12.8. The van der Waals surface area contributed by atoms with E-state index in [1.54, 1.807) is 0 Å². The number of hydrogen-bond donors (Lipinski definition) is 1. The first-order chi connectivity index (χ1) is 10.6. The molecule has 22 heavy (non-hydrogen) atoms. The minimum absolute atomic E-state index is 0.552. The van der Waals surface area contributed by atoms with Crippen LogP contribution in [0.15, 0.2) is 54.7 Å². The molecule has 2 nitrogen and oxygen atoms in total. The summed E-state index contributed by atoms with van der Waals surface area (Å²) >= 11 is 5.91. The Morgan fingerprint density at radius 2 is 1.68 bits per heavy atom. The minimum Gasteiger partial charge on any atom is -0.342 e.